The number of hydrogen-bond donors (Lipinski definition) is 1. The first-order valence-corrected chi connectivity index (χ1v) is 12.6. The van der Waals surface area contributed by atoms with Crippen molar-refractivity contribution in [3.8, 4) is 11.3 Å². The summed E-state index contributed by atoms with van der Waals surface area (Å²) < 4.78 is 6.94. The Labute approximate surface area is 202 Å². The zero-order valence-corrected chi connectivity index (χ0v) is 21.0. The van der Waals surface area contributed by atoms with Crippen molar-refractivity contribution in [2.24, 2.45) is 0 Å². The number of amides is 2. The van der Waals surface area contributed by atoms with E-state index in [-0.39, 0.29) is 17.9 Å². The van der Waals surface area contributed by atoms with Crippen LogP contribution in [0.15, 0.2) is 30.3 Å². The molecule has 4 rings (SSSR count). The van der Waals surface area contributed by atoms with Crippen molar-refractivity contribution in [2.45, 2.75) is 83.3 Å². The highest BCUT2D eigenvalue weighted by atomic mass is 16.5. The van der Waals surface area contributed by atoms with Crippen LogP contribution in [0.25, 0.3) is 11.3 Å². The standard InChI is InChI=1S/C27H38N4O3/c1-19(2)20-11-13-21(14-12-20)23-17-24-25(32)30(15-8-16-34-4)27(3,18-31(24)29-23)26(33)28-22-9-6-5-7-10-22/h11-14,17,19,22H,5-10,15-16,18H2,1-4H3,(H,28,33)/t27-/m1/s1. The number of rotatable bonds is 8. The lowest BCUT2D eigenvalue weighted by molar-refractivity contribution is -0.134. The average Bonchev–Trinajstić information content (AvgIpc) is 3.26. The van der Waals surface area contributed by atoms with E-state index in [0.29, 0.717) is 37.7 Å². The molecule has 1 saturated carbocycles. The number of ether oxygens (including phenoxy) is 1. The zero-order valence-electron chi connectivity index (χ0n) is 21.0. The van der Waals surface area contributed by atoms with Gasteiger partial charge in [-0.3, -0.25) is 14.3 Å². The van der Waals surface area contributed by atoms with E-state index in [9.17, 15) is 9.59 Å². The van der Waals surface area contributed by atoms with E-state index in [1.54, 1.807) is 16.7 Å². The lowest BCUT2D eigenvalue weighted by atomic mass is 9.91. The fourth-order valence-electron chi connectivity index (χ4n) is 5.13. The summed E-state index contributed by atoms with van der Waals surface area (Å²) >= 11 is 0. The summed E-state index contributed by atoms with van der Waals surface area (Å²) in [5, 5.41) is 8.02. The van der Waals surface area contributed by atoms with E-state index in [0.717, 1.165) is 36.9 Å². The van der Waals surface area contributed by atoms with Crippen molar-refractivity contribution >= 4 is 11.8 Å². The Kier molecular flexibility index (Phi) is 7.41. The smallest absolute Gasteiger partial charge is 0.273 e. The number of nitrogens with one attached hydrogen (secondary N) is 1. The Morgan fingerprint density at radius 3 is 2.56 bits per heavy atom. The van der Waals surface area contributed by atoms with Gasteiger partial charge in [-0.25, -0.2) is 0 Å². The SMILES string of the molecule is COCCCN1C(=O)c2cc(-c3ccc(C(C)C)cc3)nn2C[C@]1(C)C(=O)NC1CCCCC1. The van der Waals surface area contributed by atoms with Gasteiger partial charge < -0.3 is 15.0 Å². The molecule has 1 fully saturated rings. The molecule has 2 heterocycles. The molecule has 7 heteroatoms. The maximum Gasteiger partial charge on any atom is 0.273 e. The molecule has 2 amide bonds. The van der Waals surface area contributed by atoms with Gasteiger partial charge in [-0.1, -0.05) is 57.4 Å². The van der Waals surface area contributed by atoms with E-state index in [1.807, 2.05) is 13.0 Å². The molecular weight excluding hydrogens is 428 g/mol. The molecule has 184 valence electrons. The fraction of sp³-hybridized carbons (Fsp3) is 0.593. The highest BCUT2D eigenvalue weighted by Gasteiger charge is 2.48. The van der Waals surface area contributed by atoms with Crippen LogP contribution in [0, 0.1) is 0 Å². The fourth-order valence-corrected chi connectivity index (χ4v) is 5.13. The second-order valence-corrected chi connectivity index (χ2v) is 10.2. The van der Waals surface area contributed by atoms with Crippen LogP contribution in [0.4, 0.5) is 0 Å². The maximum atomic E-state index is 13.7. The van der Waals surface area contributed by atoms with Crippen molar-refractivity contribution in [3.63, 3.8) is 0 Å². The molecule has 2 aromatic rings. The molecule has 1 aromatic carbocycles. The molecule has 0 saturated heterocycles. The van der Waals surface area contributed by atoms with Gasteiger partial charge in [-0.2, -0.15) is 5.10 Å². The number of hydrogen-bond acceptors (Lipinski definition) is 4. The van der Waals surface area contributed by atoms with Crippen molar-refractivity contribution < 1.29 is 14.3 Å². The van der Waals surface area contributed by atoms with Gasteiger partial charge in [-0.05, 0) is 43.7 Å². The quantitative estimate of drug-likeness (QED) is 0.586. The molecule has 1 aromatic heterocycles. The van der Waals surface area contributed by atoms with Gasteiger partial charge in [0.2, 0.25) is 5.91 Å². The summed E-state index contributed by atoms with van der Waals surface area (Å²) in [5.74, 6) is 0.213. The van der Waals surface area contributed by atoms with E-state index in [4.69, 9.17) is 9.84 Å². The van der Waals surface area contributed by atoms with Crippen molar-refractivity contribution in [1.29, 1.82) is 0 Å². The topological polar surface area (TPSA) is 76.5 Å². The predicted octanol–water partition coefficient (Wildman–Crippen LogP) is 4.37. The minimum atomic E-state index is -1.000. The molecule has 1 atom stereocenters. The highest BCUT2D eigenvalue weighted by molar-refractivity contribution is 6.00. The van der Waals surface area contributed by atoms with Crippen LogP contribution in [-0.2, 0) is 16.1 Å². The van der Waals surface area contributed by atoms with E-state index in [1.165, 1.54) is 12.0 Å². The van der Waals surface area contributed by atoms with E-state index >= 15 is 0 Å². The van der Waals surface area contributed by atoms with Gasteiger partial charge >= 0.3 is 0 Å². The van der Waals surface area contributed by atoms with Crippen LogP contribution in [0.2, 0.25) is 0 Å². The van der Waals surface area contributed by atoms with Crippen LogP contribution in [0.1, 0.15) is 81.3 Å². The Balaban J connectivity index is 1.63. The summed E-state index contributed by atoms with van der Waals surface area (Å²) in [6.07, 6.45) is 6.18. The molecule has 0 radical (unpaired) electrons. The van der Waals surface area contributed by atoms with Crippen LogP contribution in [0.5, 0.6) is 0 Å². The first-order valence-electron chi connectivity index (χ1n) is 12.6. The molecule has 1 N–H and O–H groups in total. The Bertz CT molecular complexity index is 1010. The number of aromatic nitrogens is 2. The number of carbonyl (C=O) groups excluding carboxylic acids is 2. The van der Waals surface area contributed by atoms with Crippen molar-refractivity contribution in [1.82, 2.24) is 20.0 Å². The average molecular weight is 467 g/mol. The maximum absolute atomic E-state index is 13.7. The van der Waals surface area contributed by atoms with Crippen LogP contribution in [-0.4, -0.2) is 58.3 Å². The number of carbonyl (C=O) groups is 2. The molecule has 0 unspecified atom stereocenters. The molecular formula is C27H38N4O3. The Hall–Kier alpha value is -2.67. The van der Waals surface area contributed by atoms with E-state index in [2.05, 4.69) is 43.4 Å². The van der Waals surface area contributed by atoms with Gasteiger partial charge in [0.25, 0.3) is 5.91 Å². The van der Waals surface area contributed by atoms with Gasteiger partial charge in [-0.15, -0.1) is 0 Å². The molecule has 34 heavy (non-hydrogen) atoms. The highest BCUT2D eigenvalue weighted by Crippen LogP contribution is 2.31. The molecule has 1 aliphatic carbocycles. The van der Waals surface area contributed by atoms with Crippen molar-refractivity contribution in [2.75, 3.05) is 20.3 Å². The third-order valence-electron chi connectivity index (χ3n) is 7.33. The number of nitrogens with zero attached hydrogens (tertiary/aromatic N) is 3. The third kappa shape index (κ3) is 4.90. The zero-order chi connectivity index (χ0) is 24.3. The van der Waals surface area contributed by atoms with Gasteiger partial charge in [0.15, 0.2) is 0 Å². The molecule has 7 nitrogen and oxygen atoms in total. The molecule has 2 aliphatic rings. The lowest BCUT2D eigenvalue weighted by Gasteiger charge is -2.44. The Morgan fingerprint density at radius 2 is 1.91 bits per heavy atom. The minimum absolute atomic E-state index is 0.0887. The summed E-state index contributed by atoms with van der Waals surface area (Å²) in [6, 6.07) is 10.4. The Morgan fingerprint density at radius 1 is 1.21 bits per heavy atom. The number of fused-ring (bicyclic) bond motifs is 1. The number of methoxy groups -OCH3 is 1. The first kappa shape index (κ1) is 24.5. The van der Waals surface area contributed by atoms with Crippen LogP contribution in [0.3, 0.4) is 0 Å². The second kappa shape index (κ2) is 10.3. The predicted molar refractivity (Wildman–Crippen MR) is 133 cm³/mol. The molecule has 1 aliphatic heterocycles. The van der Waals surface area contributed by atoms with Gasteiger partial charge in [0, 0.05) is 31.9 Å². The summed E-state index contributed by atoms with van der Waals surface area (Å²) in [7, 11) is 1.65. The van der Waals surface area contributed by atoms with Crippen molar-refractivity contribution in [3.05, 3.63) is 41.6 Å². The molecule has 0 spiro atoms. The molecule has 0 bridgehead atoms. The number of benzene rings is 1. The third-order valence-corrected chi connectivity index (χ3v) is 7.33. The van der Waals surface area contributed by atoms with E-state index < -0.39 is 5.54 Å². The van der Waals surface area contributed by atoms with Gasteiger partial charge in [0.05, 0.1) is 12.2 Å². The van der Waals surface area contributed by atoms with Crippen LogP contribution < -0.4 is 5.32 Å². The van der Waals surface area contributed by atoms with Crippen LogP contribution >= 0.6 is 0 Å². The first-order chi connectivity index (χ1) is 16.3. The largest absolute Gasteiger partial charge is 0.385 e. The van der Waals surface area contributed by atoms with Gasteiger partial charge in [0.1, 0.15) is 11.2 Å². The monoisotopic (exact) mass is 466 g/mol. The second-order valence-electron chi connectivity index (χ2n) is 10.2. The summed E-state index contributed by atoms with van der Waals surface area (Å²) in [6.45, 7) is 7.55. The normalized spacial score (nSPS) is 21.1. The summed E-state index contributed by atoms with van der Waals surface area (Å²) in [5.41, 5.74) is 2.52. The lowest BCUT2D eigenvalue weighted by Crippen LogP contribution is -2.65. The minimum Gasteiger partial charge on any atom is -0.385 e. The summed E-state index contributed by atoms with van der Waals surface area (Å²) in [4.78, 5) is 29.0.